The molecule has 1 aromatic heterocycles. The molecule has 0 spiro atoms. The number of hydrogen-bond acceptors (Lipinski definition) is 4. The van der Waals surface area contributed by atoms with Crippen LogP contribution in [-0.4, -0.2) is 47.0 Å². The molecule has 0 atom stereocenters. The Balaban J connectivity index is 1.57. The minimum atomic E-state index is 0.603. The van der Waals surface area contributed by atoms with Crippen LogP contribution in [0.5, 0.6) is 0 Å². The van der Waals surface area contributed by atoms with Crippen LogP contribution in [0, 0.1) is 6.92 Å². The number of nitrogens with zero attached hydrogens (tertiary/aromatic N) is 5. The summed E-state index contributed by atoms with van der Waals surface area (Å²) in [6.07, 6.45) is 3.54. The van der Waals surface area contributed by atoms with Crippen molar-refractivity contribution in [3.05, 3.63) is 52.3 Å². The number of halogens is 1. The SMILES string of the molecule is Cc1cc(Br)ccc1CN=C(N)N1CCN(c2ncccn2)CC1. The van der Waals surface area contributed by atoms with Gasteiger partial charge in [0, 0.05) is 43.0 Å². The Morgan fingerprint density at radius 2 is 1.92 bits per heavy atom. The highest BCUT2D eigenvalue weighted by molar-refractivity contribution is 9.10. The standard InChI is InChI=1S/C17H21BrN6/c1-13-11-15(18)4-3-14(13)12-22-16(19)23-7-9-24(10-8-23)17-20-5-2-6-21-17/h2-6,11H,7-10,12H2,1H3,(H2,19,22). The van der Waals surface area contributed by atoms with Gasteiger partial charge in [-0.3, -0.25) is 0 Å². The van der Waals surface area contributed by atoms with Crippen molar-refractivity contribution in [3.63, 3.8) is 0 Å². The molecule has 2 N–H and O–H groups in total. The van der Waals surface area contributed by atoms with Gasteiger partial charge in [0.05, 0.1) is 6.54 Å². The molecule has 0 radical (unpaired) electrons. The van der Waals surface area contributed by atoms with Crippen molar-refractivity contribution in [3.8, 4) is 0 Å². The largest absolute Gasteiger partial charge is 0.370 e. The van der Waals surface area contributed by atoms with Gasteiger partial charge in [-0.15, -0.1) is 0 Å². The lowest BCUT2D eigenvalue weighted by molar-refractivity contribution is 0.378. The van der Waals surface area contributed by atoms with Gasteiger partial charge >= 0.3 is 0 Å². The van der Waals surface area contributed by atoms with Gasteiger partial charge in [-0.05, 0) is 36.2 Å². The predicted octanol–water partition coefficient (Wildman–Crippen LogP) is 2.18. The molecule has 7 heteroatoms. The Kier molecular flexibility index (Phi) is 5.30. The van der Waals surface area contributed by atoms with Gasteiger partial charge in [-0.1, -0.05) is 22.0 Å². The molecule has 0 saturated carbocycles. The third-order valence-corrected chi connectivity index (χ3v) is 4.65. The zero-order valence-electron chi connectivity index (χ0n) is 13.7. The van der Waals surface area contributed by atoms with E-state index in [0.29, 0.717) is 12.5 Å². The van der Waals surface area contributed by atoms with Crippen LogP contribution in [0.2, 0.25) is 0 Å². The minimum absolute atomic E-state index is 0.603. The normalized spacial score (nSPS) is 15.7. The highest BCUT2D eigenvalue weighted by Crippen LogP contribution is 2.17. The van der Waals surface area contributed by atoms with E-state index in [0.717, 1.165) is 36.6 Å². The first-order valence-electron chi connectivity index (χ1n) is 7.95. The van der Waals surface area contributed by atoms with E-state index in [1.165, 1.54) is 11.1 Å². The van der Waals surface area contributed by atoms with E-state index in [1.54, 1.807) is 12.4 Å². The van der Waals surface area contributed by atoms with E-state index in [1.807, 2.05) is 12.1 Å². The monoisotopic (exact) mass is 388 g/mol. The van der Waals surface area contributed by atoms with Crippen molar-refractivity contribution in [2.24, 2.45) is 10.7 Å². The van der Waals surface area contributed by atoms with Crippen LogP contribution in [0.1, 0.15) is 11.1 Å². The van der Waals surface area contributed by atoms with Gasteiger partial charge < -0.3 is 15.5 Å². The van der Waals surface area contributed by atoms with E-state index >= 15 is 0 Å². The quantitative estimate of drug-likeness (QED) is 0.644. The molecule has 3 rings (SSSR count). The molecule has 6 nitrogen and oxygen atoms in total. The highest BCUT2D eigenvalue weighted by Gasteiger charge is 2.19. The average Bonchev–Trinajstić information content (AvgIpc) is 2.62. The zero-order chi connectivity index (χ0) is 16.9. The zero-order valence-corrected chi connectivity index (χ0v) is 15.3. The van der Waals surface area contributed by atoms with Crippen LogP contribution in [-0.2, 0) is 6.54 Å². The summed E-state index contributed by atoms with van der Waals surface area (Å²) >= 11 is 3.48. The van der Waals surface area contributed by atoms with Crippen molar-refractivity contribution in [1.29, 1.82) is 0 Å². The molecule has 1 aliphatic heterocycles. The lowest BCUT2D eigenvalue weighted by atomic mass is 10.1. The third-order valence-electron chi connectivity index (χ3n) is 4.15. The Labute approximate surface area is 150 Å². The van der Waals surface area contributed by atoms with Gasteiger partial charge in [-0.25, -0.2) is 15.0 Å². The Morgan fingerprint density at radius 3 is 2.58 bits per heavy atom. The number of benzene rings is 1. The van der Waals surface area contributed by atoms with Crippen LogP contribution in [0.25, 0.3) is 0 Å². The number of aryl methyl sites for hydroxylation is 1. The third kappa shape index (κ3) is 4.03. The van der Waals surface area contributed by atoms with Crippen LogP contribution < -0.4 is 10.6 Å². The van der Waals surface area contributed by atoms with Crippen LogP contribution in [0.4, 0.5) is 5.95 Å². The van der Waals surface area contributed by atoms with Gasteiger partial charge in [0.2, 0.25) is 5.95 Å². The second kappa shape index (κ2) is 7.61. The van der Waals surface area contributed by atoms with E-state index in [9.17, 15) is 0 Å². The maximum Gasteiger partial charge on any atom is 0.225 e. The van der Waals surface area contributed by atoms with Crippen LogP contribution in [0.15, 0.2) is 46.1 Å². The lowest BCUT2D eigenvalue weighted by Gasteiger charge is -2.35. The van der Waals surface area contributed by atoms with Gasteiger partial charge in [-0.2, -0.15) is 0 Å². The number of guanidine groups is 1. The molecule has 24 heavy (non-hydrogen) atoms. The molecule has 1 fully saturated rings. The van der Waals surface area contributed by atoms with Crippen molar-refractivity contribution in [2.75, 3.05) is 31.1 Å². The summed E-state index contributed by atoms with van der Waals surface area (Å²) in [5, 5.41) is 0. The van der Waals surface area contributed by atoms with E-state index in [4.69, 9.17) is 5.73 Å². The van der Waals surface area contributed by atoms with Crippen molar-refractivity contribution >= 4 is 27.8 Å². The highest BCUT2D eigenvalue weighted by atomic mass is 79.9. The fourth-order valence-electron chi connectivity index (χ4n) is 2.69. The number of piperazine rings is 1. The first kappa shape index (κ1) is 16.7. The summed E-state index contributed by atoms with van der Waals surface area (Å²) < 4.78 is 1.08. The molecule has 0 unspecified atom stereocenters. The summed E-state index contributed by atoms with van der Waals surface area (Å²) in [6, 6.07) is 8.04. The predicted molar refractivity (Wildman–Crippen MR) is 100 cm³/mol. The van der Waals surface area contributed by atoms with Crippen molar-refractivity contribution in [2.45, 2.75) is 13.5 Å². The molecule has 2 heterocycles. The fraction of sp³-hybridized carbons (Fsp3) is 0.353. The molecule has 0 bridgehead atoms. The number of anilines is 1. The Morgan fingerprint density at radius 1 is 1.21 bits per heavy atom. The van der Waals surface area contributed by atoms with Crippen LogP contribution >= 0.6 is 15.9 Å². The molecule has 1 saturated heterocycles. The number of nitrogens with two attached hydrogens (primary N) is 1. The molecule has 0 amide bonds. The van der Waals surface area contributed by atoms with Crippen molar-refractivity contribution < 1.29 is 0 Å². The molecular weight excluding hydrogens is 368 g/mol. The molecule has 1 aliphatic rings. The summed E-state index contributed by atoms with van der Waals surface area (Å²) in [5.41, 5.74) is 8.58. The lowest BCUT2D eigenvalue weighted by Crippen LogP contribution is -2.51. The second-order valence-electron chi connectivity index (χ2n) is 5.77. The van der Waals surface area contributed by atoms with E-state index in [-0.39, 0.29) is 0 Å². The number of aromatic nitrogens is 2. The maximum absolute atomic E-state index is 6.18. The fourth-order valence-corrected chi connectivity index (χ4v) is 3.17. The summed E-state index contributed by atoms with van der Waals surface area (Å²) in [5.74, 6) is 1.38. The second-order valence-corrected chi connectivity index (χ2v) is 6.68. The molecule has 0 aliphatic carbocycles. The molecule has 126 valence electrons. The van der Waals surface area contributed by atoms with Crippen molar-refractivity contribution in [1.82, 2.24) is 14.9 Å². The van der Waals surface area contributed by atoms with Gasteiger partial charge in [0.15, 0.2) is 5.96 Å². The average molecular weight is 389 g/mol. The van der Waals surface area contributed by atoms with E-state index < -0.39 is 0 Å². The van der Waals surface area contributed by atoms with Gasteiger partial charge in [0.1, 0.15) is 0 Å². The summed E-state index contributed by atoms with van der Waals surface area (Å²) in [7, 11) is 0. The minimum Gasteiger partial charge on any atom is -0.370 e. The smallest absolute Gasteiger partial charge is 0.225 e. The maximum atomic E-state index is 6.18. The summed E-state index contributed by atoms with van der Waals surface area (Å²) in [6.45, 7) is 6.03. The molecule has 1 aromatic carbocycles. The molecular formula is C17H21BrN6. The van der Waals surface area contributed by atoms with E-state index in [2.05, 4.69) is 59.7 Å². The van der Waals surface area contributed by atoms with Crippen LogP contribution in [0.3, 0.4) is 0 Å². The number of hydrogen-bond donors (Lipinski definition) is 1. The Hall–Kier alpha value is -2.15. The Bertz CT molecular complexity index is 710. The van der Waals surface area contributed by atoms with Gasteiger partial charge in [0.25, 0.3) is 0 Å². The number of aliphatic imine (C=N–C) groups is 1. The topological polar surface area (TPSA) is 70.6 Å². The number of rotatable bonds is 3. The summed E-state index contributed by atoms with van der Waals surface area (Å²) in [4.78, 5) is 17.4. The first-order valence-corrected chi connectivity index (χ1v) is 8.74. The molecule has 2 aromatic rings. The first-order chi connectivity index (χ1) is 11.6.